The van der Waals surface area contributed by atoms with Crippen molar-refractivity contribution in [2.45, 2.75) is 51.4 Å². The van der Waals surface area contributed by atoms with Crippen LogP contribution in [-0.4, -0.2) is 17.3 Å². The maximum atomic E-state index is 13.4. The van der Waals surface area contributed by atoms with Gasteiger partial charge >= 0.3 is 0 Å². The number of benzene rings is 1. The van der Waals surface area contributed by atoms with Gasteiger partial charge in [0.15, 0.2) is 0 Å². The second-order valence-corrected chi connectivity index (χ2v) is 6.71. The molecule has 100 valence electrons. The van der Waals surface area contributed by atoms with Gasteiger partial charge < -0.3 is 9.47 Å². The van der Waals surface area contributed by atoms with Crippen LogP contribution in [0.1, 0.15) is 34.1 Å². The number of rotatable bonds is 2. The molecule has 18 heavy (non-hydrogen) atoms. The first kappa shape index (κ1) is 13.8. The van der Waals surface area contributed by atoms with Crippen LogP contribution in [0.2, 0.25) is 0 Å². The smallest absolute Gasteiger partial charge is 0.141 e. The van der Waals surface area contributed by atoms with Gasteiger partial charge in [0.2, 0.25) is 0 Å². The van der Waals surface area contributed by atoms with Gasteiger partial charge in [-0.05, 0) is 55.8 Å². The summed E-state index contributed by atoms with van der Waals surface area (Å²) in [7, 11) is 0. The summed E-state index contributed by atoms with van der Waals surface area (Å²) < 4.78 is 25.7. The van der Waals surface area contributed by atoms with E-state index in [1.807, 2.05) is 27.7 Å². The van der Waals surface area contributed by atoms with E-state index < -0.39 is 0 Å². The van der Waals surface area contributed by atoms with E-state index in [4.69, 9.17) is 9.47 Å². The molecule has 2 rings (SSSR count). The maximum absolute atomic E-state index is 13.4. The molecule has 1 aromatic rings. The lowest BCUT2D eigenvalue weighted by atomic mass is 9.97. The Kier molecular flexibility index (Phi) is 3.45. The van der Waals surface area contributed by atoms with Crippen molar-refractivity contribution >= 4 is 15.9 Å². The molecule has 0 N–H and O–H groups in total. The minimum absolute atomic E-state index is 0.0759. The first-order chi connectivity index (χ1) is 8.20. The molecule has 1 saturated heterocycles. The van der Waals surface area contributed by atoms with Crippen molar-refractivity contribution in [2.75, 3.05) is 0 Å². The Labute approximate surface area is 116 Å². The standard InChI is InChI=1S/C14H18BrFO2/c1-13(2)8-12(14(3,4)18-13)17-9-5-6-10(15)11(16)7-9/h5-7,12H,8H2,1-4H3. The molecular formula is C14H18BrFO2. The number of hydrogen-bond acceptors (Lipinski definition) is 2. The van der Waals surface area contributed by atoms with Gasteiger partial charge in [0.1, 0.15) is 23.3 Å². The maximum Gasteiger partial charge on any atom is 0.141 e. The molecule has 0 amide bonds. The Hall–Kier alpha value is -0.610. The van der Waals surface area contributed by atoms with Crippen LogP contribution in [0, 0.1) is 5.82 Å². The van der Waals surface area contributed by atoms with Gasteiger partial charge in [-0.25, -0.2) is 4.39 Å². The molecule has 0 saturated carbocycles. The fourth-order valence-corrected chi connectivity index (χ4v) is 2.66. The van der Waals surface area contributed by atoms with Gasteiger partial charge in [-0.2, -0.15) is 0 Å². The predicted molar refractivity (Wildman–Crippen MR) is 72.4 cm³/mol. The van der Waals surface area contributed by atoms with Crippen LogP contribution in [0.5, 0.6) is 5.75 Å². The number of hydrogen-bond donors (Lipinski definition) is 0. The van der Waals surface area contributed by atoms with Gasteiger partial charge in [-0.1, -0.05) is 0 Å². The van der Waals surface area contributed by atoms with Crippen LogP contribution in [0.4, 0.5) is 4.39 Å². The molecule has 4 heteroatoms. The molecule has 1 heterocycles. The Balaban J connectivity index is 2.16. The lowest BCUT2D eigenvalue weighted by Crippen LogP contribution is -2.36. The fraction of sp³-hybridized carbons (Fsp3) is 0.571. The highest BCUT2D eigenvalue weighted by molar-refractivity contribution is 9.10. The molecule has 0 aliphatic carbocycles. The zero-order valence-electron chi connectivity index (χ0n) is 11.1. The first-order valence-corrected chi connectivity index (χ1v) is 6.81. The van der Waals surface area contributed by atoms with E-state index in [0.717, 1.165) is 6.42 Å². The predicted octanol–water partition coefficient (Wildman–Crippen LogP) is 4.31. The van der Waals surface area contributed by atoms with E-state index in [-0.39, 0.29) is 23.1 Å². The summed E-state index contributed by atoms with van der Waals surface area (Å²) in [6.07, 6.45) is 0.714. The highest BCUT2D eigenvalue weighted by atomic mass is 79.9. The Morgan fingerprint density at radius 2 is 2.00 bits per heavy atom. The third-order valence-corrected chi connectivity index (χ3v) is 3.80. The van der Waals surface area contributed by atoms with Crippen LogP contribution in [0.15, 0.2) is 22.7 Å². The van der Waals surface area contributed by atoms with Gasteiger partial charge in [0, 0.05) is 12.5 Å². The molecule has 2 nitrogen and oxygen atoms in total. The highest BCUT2D eigenvalue weighted by Gasteiger charge is 2.47. The number of ether oxygens (including phenoxy) is 2. The van der Waals surface area contributed by atoms with Crippen molar-refractivity contribution in [3.8, 4) is 5.75 Å². The zero-order chi connectivity index (χ0) is 13.6. The molecular weight excluding hydrogens is 299 g/mol. The van der Waals surface area contributed by atoms with Crippen LogP contribution in [-0.2, 0) is 4.74 Å². The summed E-state index contributed by atoms with van der Waals surface area (Å²) in [5.41, 5.74) is -0.574. The highest BCUT2D eigenvalue weighted by Crippen LogP contribution is 2.39. The van der Waals surface area contributed by atoms with Crippen LogP contribution >= 0.6 is 15.9 Å². The normalized spacial score (nSPS) is 25.1. The third kappa shape index (κ3) is 2.86. The summed E-state index contributed by atoms with van der Waals surface area (Å²) in [6, 6.07) is 4.80. The minimum atomic E-state index is -0.368. The Bertz CT molecular complexity index is 457. The van der Waals surface area contributed by atoms with Crippen molar-refractivity contribution in [3.05, 3.63) is 28.5 Å². The molecule has 1 atom stereocenters. The van der Waals surface area contributed by atoms with E-state index in [0.29, 0.717) is 10.2 Å². The summed E-state index contributed by atoms with van der Waals surface area (Å²) >= 11 is 3.13. The van der Waals surface area contributed by atoms with Crippen molar-refractivity contribution in [3.63, 3.8) is 0 Å². The second-order valence-electron chi connectivity index (χ2n) is 5.85. The van der Waals surface area contributed by atoms with Gasteiger partial charge in [-0.3, -0.25) is 0 Å². The molecule has 0 aromatic heterocycles. The van der Waals surface area contributed by atoms with E-state index >= 15 is 0 Å². The first-order valence-electron chi connectivity index (χ1n) is 6.01. The fourth-order valence-electron chi connectivity index (χ4n) is 2.41. The lowest BCUT2D eigenvalue weighted by Gasteiger charge is -2.27. The average Bonchev–Trinajstić information content (AvgIpc) is 2.40. The van der Waals surface area contributed by atoms with Crippen molar-refractivity contribution in [1.82, 2.24) is 0 Å². The monoisotopic (exact) mass is 316 g/mol. The van der Waals surface area contributed by atoms with E-state index in [1.165, 1.54) is 6.07 Å². The molecule has 1 aliphatic rings. The van der Waals surface area contributed by atoms with Crippen molar-refractivity contribution < 1.29 is 13.9 Å². The largest absolute Gasteiger partial charge is 0.487 e. The summed E-state index contributed by atoms with van der Waals surface area (Å²) in [6.45, 7) is 8.09. The molecule has 0 bridgehead atoms. The second kappa shape index (κ2) is 4.49. The molecule has 0 spiro atoms. The average molecular weight is 317 g/mol. The van der Waals surface area contributed by atoms with Crippen LogP contribution in [0.3, 0.4) is 0 Å². The van der Waals surface area contributed by atoms with Gasteiger partial charge in [0.25, 0.3) is 0 Å². The topological polar surface area (TPSA) is 18.5 Å². The van der Waals surface area contributed by atoms with Crippen LogP contribution < -0.4 is 4.74 Å². The summed E-state index contributed by atoms with van der Waals surface area (Å²) in [5.74, 6) is 0.221. The number of halogens is 2. The molecule has 1 aromatic carbocycles. The van der Waals surface area contributed by atoms with Gasteiger partial charge in [-0.15, -0.1) is 0 Å². The minimum Gasteiger partial charge on any atom is -0.487 e. The van der Waals surface area contributed by atoms with Crippen molar-refractivity contribution in [1.29, 1.82) is 0 Å². The molecule has 1 fully saturated rings. The Morgan fingerprint density at radius 3 is 2.50 bits per heavy atom. The molecule has 1 aliphatic heterocycles. The molecule has 1 unspecified atom stereocenters. The summed E-state index contributed by atoms with van der Waals surface area (Å²) in [5, 5.41) is 0. The Morgan fingerprint density at radius 1 is 1.33 bits per heavy atom. The van der Waals surface area contributed by atoms with Gasteiger partial charge in [0.05, 0.1) is 10.1 Å². The lowest BCUT2D eigenvalue weighted by molar-refractivity contribution is -0.0846. The zero-order valence-corrected chi connectivity index (χ0v) is 12.7. The van der Waals surface area contributed by atoms with Crippen LogP contribution in [0.25, 0.3) is 0 Å². The van der Waals surface area contributed by atoms with E-state index in [2.05, 4.69) is 15.9 Å². The third-order valence-electron chi connectivity index (χ3n) is 3.16. The van der Waals surface area contributed by atoms with E-state index in [9.17, 15) is 4.39 Å². The van der Waals surface area contributed by atoms with E-state index in [1.54, 1.807) is 12.1 Å². The summed E-state index contributed by atoms with van der Waals surface area (Å²) in [4.78, 5) is 0. The SMILES string of the molecule is CC1(C)CC(Oc2ccc(Br)c(F)c2)C(C)(C)O1. The van der Waals surface area contributed by atoms with Crippen molar-refractivity contribution in [2.24, 2.45) is 0 Å². The molecule has 0 radical (unpaired) electrons. The quantitative estimate of drug-likeness (QED) is 0.809.